The van der Waals surface area contributed by atoms with Crippen LogP contribution in [0.3, 0.4) is 0 Å². The first-order valence-corrected chi connectivity index (χ1v) is 17.6. The molecule has 0 bridgehead atoms. The van der Waals surface area contributed by atoms with Crippen molar-refractivity contribution in [2.75, 3.05) is 0 Å². The van der Waals surface area contributed by atoms with Gasteiger partial charge in [0.1, 0.15) is 11.2 Å². The molecule has 11 aromatic rings. The number of nitrogens with zero attached hydrogens (tertiary/aromatic N) is 3. The van der Waals surface area contributed by atoms with Crippen molar-refractivity contribution < 1.29 is 4.42 Å². The van der Waals surface area contributed by atoms with Crippen LogP contribution in [0, 0.1) is 0 Å². The second-order valence-electron chi connectivity index (χ2n) is 13.4. The van der Waals surface area contributed by atoms with Gasteiger partial charge in [0.05, 0.1) is 22.2 Å². The zero-order valence-electron chi connectivity index (χ0n) is 28.0. The van der Waals surface area contributed by atoms with Crippen molar-refractivity contribution in [3.8, 4) is 39.5 Å². The van der Waals surface area contributed by atoms with E-state index in [2.05, 4.69) is 156 Å². The predicted octanol–water partition coefficient (Wildman–Crippen LogP) is 12.8. The SMILES string of the molecule is c1ccc(-c2ccc3c(c2)c2cc4ccccc4cc2n3-c2ccc(-c3nc(-c4cccc5c4oc4ccccc45)c4ccccc4n3)cc2)cc1. The lowest BCUT2D eigenvalue weighted by molar-refractivity contribution is 0.670. The second kappa shape index (κ2) is 11.2. The molecule has 4 nitrogen and oxygen atoms in total. The molecule has 3 heterocycles. The summed E-state index contributed by atoms with van der Waals surface area (Å²) in [4.78, 5) is 10.3. The third kappa shape index (κ3) is 4.41. The molecule has 52 heavy (non-hydrogen) atoms. The summed E-state index contributed by atoms with van der Waals surface area (Å²) in [5.74, 6) is 0.675. The van der Waals surface area contributed by atoms with Crippen LogP contribution in [0.2, 0.25) is 0 Å². The van der Waals surface area contributed by atoms with Gasteiger partial charge < -0.3 is 8.98 Å². The van der Waals surface area contributed by atoms with Gasteiger partial charge in [-0.3, -0.25) is 0 Å². The molecule has 11 rings (SSSR count). The van der Waals surface area contributed by atoms with E-state index in [-0.39, 0.29) is 0 Å². The fourth-order valence-corrected chi connectivity index (χ4v) is 7.90. The van der Waals surface area contributed by atoms with Crippen LogP contribution in [0.15, 0.2) is 180 Å². The Morgan fingerprint density at radius 3 is 1.98 bits per heavy atom. The van der Waals surface area contributed by atoms with Crippen LogP contribution in [-0.2, 0) is 0 Å². The average Bonchev–Trinajstić information content (AvgIpc) is 3.75. The summed E-state index contributed by atoms with van der Waals surface area (Å²) in [6, 6.07) is 62.0. The van der Waals surface area contributed by atoms with Crippen molar-refractivity contribution in [2.24, 2.45) is 0 Å². The van der Waals surface area contributed by atoms with Crippen molar-refractivity contribution >= 4 is 65.4 Å². The molecule has 0 unspecified atom stereocenters. The summed E-state index contributed by atoms with van der Waals surface area (Å²) in [5.41, 5.74) is 11.2. The van der Waals surface area contributed by atoms with Crippen molar-refractivity contribution in [1.82, 2.24) is 14.5 Å². The highest BCUT2D eigenvalue weighted by Gasteiger charge is 2.19. The lowest BCUT2D eigenvalue weighted by atomic mass is 10.0. The zero-order chi connectivity index (χ0) is 34.2. The molecule has 4 heteroatoms. The Kier molecular flexibility index (Phi) is 6.22. The number of hydrogen-bond donors (Lipinski definition) is 0. The van der Waals surface area contributed by atoms with Gasteiger partial charge in [0, 0.05) is 43.7 Å². The lowest BCUT2D eigenvalue weighted by Crippen LogP contribution is -1.97. The van der Waals surface area contributed by atoms with Gasteiger partial charge in [-0.1, -0.05) is 109 Å². The summed E-state index contributed by atoms with van der Waals surface area (Å²) >= 11 is 0. The van der Waals surface area contributed by atoms with Gasteiger partial charge in [0.25, 0.3) is 0 Å². The van der Waals surface area contributed by atoms with Crippen LogP contribution in [-0.4, -0.2) is 14.5 Å². The van der Waals surface area contributed by atoms with Crippen LogP contribution >= 0.6 is 0 Å². The number of hydrogen-bond acceptors (Lipinski definition) is 3. The van der Waals surface area contributed by atoms with E-state index in [0.717, 1.165) is 55.3 Å². The molecule has 0 radical (unpaired) electrons. The first kappa shape index (κ1) is 28.8. The van der Waals surface area contributed by atoms with E-state index in [9.17, 15) is 0 Å². The monoisotopic (exact) mass is 663 g/mol. The molecule has 0 spiro atoms. The maximum atomic E-state index is 6.46. The Hall–Kier alpha value is -7.04. The fourth-order valence-electron chi connectivity index (χ4n) is 7.90. The van der Waals surface area contributed by atoms with Crippen molar-refractivity contribution in [2.45, 2.75) is 0 Å². The van der Waals surface area contributed by atoms with Gasteiger partial charge in [-0.05, 0) is 88.6 Å². The summed E-state index contributed by atoms with van der Waals surface area (Å²) in [6.07, 6.45) is 0. The molecular weight excluding hydrogens is 635 g/mol. The van der Waals surface area contributed by atoms with Gasteiger partial charge in [-0.2, -0.15) is 0 Å². The Labute approximate surface area is 298 Å². The minimum absolute atomic E-state index is 0.675. The van der Waals surface area contributed by atoms with Gasteiger partial charge in [-0.25, -0.2) is 9.97 Å². The van der Waals surface area contributed by atoms with E-state index in [1.807, 2.05) is 24.3 Å². The van der Waals surface area contributed by atoms with E-state index < -0.39 is 0 Å². The number of fused-ring (bicyclic) bond motifs is 8. The highest BCUT2D eigenvalue weighted by Crippen LogP contribution is 2.40. The van der Waals surface area contributed by atoms with E-state index >= 15 is 0 Å². The summed E-state index contributed by atoms with van der Waals surface area (Å²) in [5, 5.41) is 8.08. The Bertz CT molecular complexity index is 3170. The number of benzene rings is 8. The summed E-state index contributed by atoms with van der Waals surface area (Å²) < 4.78 is 8.84. The van der Waals surface area contributed by atoms with Gasteiger partial charge >= 0.3 is 0 Å². The lowest BCUT2D eigenvalue weighted by Gasteiger charge is -2.12. The predicted molar refractivity (Wildman–Crippen MR) is 215 cm³/mol. The Morgan fingerprint density at radius 1 is 0.423 bits per heavy atom. The molecule has 0 fully saturated rings. The third-order valence-electron chi connectivity index (χ3n) is 10.4. The molecule has 0 saturated carbocycles. The molecule has 0 amide bonds. The molecule has 0 saturated heterocycles. The van der Waals surface area contributed by atoms with Crippen molar-refractivity contribution in [3.63, 3.8) is 0 Å². The smallest absolute Gasteiger partial charge is 0.160 e. The van der Waals surface area contributed by atoms with E-state index in [1.54, 1.807) is 0 Å². The molecule has 242 valence electrons. The normalized spacial score (nSPS) is 11.8. The van der Waals surface area contributed by atoms with Gasteiger partial charge in [-0.15, -0.1) is 0 Å². The number of aromatic nitrogens is 3. The molecule has 0 N–H and O–H groups in total. The average molecular weight is 664 g/mol. The number of furan rings is 1. The standard InChI is InChI=1S/C48H29N3O/c1-2-11-30(12-3-1)34-23-26-43-40(28-34)41-27-32-13-4-5-14-33(32)29-44(41)51(43)35-24-21-31(22-25-35)48-49-42-19-8-6-16-38(42)46(50-48)39-18-10-17-37-36-15-7-9-20-45(36)52-47(37)39/h1-29H. The minimum atomic E-state index is 0.675. The Morgan fingerprint density at radius 2 is 1.12 bits per heavy atom. The zero-order valence-corrected chi connectivity index (χ0v) is 28.0. The summed E-state index contributed by atoms with van der Waals surface area (Å²) in [7, 11) is 0. The highest BCUT2D eigenvalue weighted by molar-refractivity contribution is 6.15. The van der Waals surface area contributed by atoms with E-state index in [4.69, 9.17) is 14.4 Å². The number of para-hydroxylation sites is 3. The number of rotatable bonds is 4. The van der Waals surface area contributed by atoms with Crippen LogP contribution in [0.5, 0.6) is 0 Å². The molecule has 8 aromatic carbocycles. The van der Waals surface area contributed by atoms with Gasteiger partial charge in [0.15, 0.2) is 5.82 Å². The first-order chi connectivity index (χ1) is 25.8. The van der Waals surface area contributed by atoms with E-state index in [1.165, 1.54) is 43.7 Å². The van der Waals surface area contributed by atoms with Crippen LogP contribution in [0.1, 0.15) is 0 Å². The fraction of sp³-hybridized carbons (Fsp3) is 0. The first-order valence-electron chi connectivity index (χ1n) is 17.6. The molecule has 0 aliphatic carbocycles. The maximum absolute atomic E-state index is 6.46. The molecule has 3 aromatic heterocycles. The summed E-state index contributed by atoms with van der Waals surface area (Å²) in [6.45, 7) is 0. The second-order valence-corrected chi connectivity index (χ2v) is 13.4. The Balaban J connectivity index is 1.08. The van der Waals surface area contributed by atoms with Crippen LogP contribution in [0.25, 0.3) is 105 Å². The van der Waals surface area contributed by atoms with Crippen molar-refractivity contribution in [3.05, 3.63) is 176 Å². The minimum Gasteiger partial charge on any atom is -0.455 e. The van der Waals surface area contributed by atoms with Crippen LogP contribution in [0.4, 0.5) is 0 Å². The van der Waals surface area contributed by atoms with Crippen molar-refractivity contribution in [1.29, 1.82) is 0 Å². The third-order valence-corrected chi connectivity index (χ3v) is 10.4. The van der Waals surface area contributed by atoms with E-state index in [0.29, 0.717) is 5.82 Å². The molecular formula is C48H29N3O. The molecule has 0 aliphatic rings. The maximum Gasteiger partial charge on any atom is 0.160 e. The quantitative estimate of drug-likeness (QED) is 0.188. The van der Waals surface area contributed by atoms with Gasteiger partial charge in [0.2, 0.25) is 0 Å². The molecule has 0 aliphatic heterocycles. The highest BCUT2D eigenvalue weighted by atomic mass is 16.3. The molecule has 0 atom stereocenters. The van der Waals surface area contributed by atoms with Crippen LogP contribution < -0.4 is 0 Å². The largest absolute Gasteiger partial charge is 0.455 e. The topological polar surface area (TPSA) is 43.9 Å².